The summed E-state index contributed by atoms with van der Waals surface area (Å²) in [5.74, 6) is -1.23. The van der Waals surface area contributed by atoms with E-state index in [-0.39, 0.29) is 18.0 Å². The molecule has 2 rings (SSSR count). The zero-order chi connectivity index (χ0) is 19.5. The summed E-state index contributed by atoms with van der Waals surface area (Å²) < 4.78 is 32.6. The van der Waals surface area contributed by atoms with Gasteiger partial charge in [-0.3, -0.25) is 4.98 Å². The second kappa shape index (κ2) is 8.61. The Morgan fingerprint density at radius 2 is 1.62 bits per heavy atom. The standard InChI is InChI=1S/C19H22Cl2F2N2O/c1-19(2,3)18(25-8-11-5-12(22)7-13(23)6-11)17(26-4)16-14(20)9-24-10-15(16)21/h5-7,9-10,17-18,25H,8H2,1-4H3. The van der Waals surface area contributed by atoms with E-state index >= 15 is 0 Å². The zero-order valence-electron chi connectivity index (χ0n) is 15.1. The molecule has 0 aliphatic heterocycles. The van der Waals surface area contributed by atoms with Crippen LogP contribution in [0.15, 0.2) is 30.6 Å². The molecule has 0 amide bonds. The summed E-state index contributed by atoms with van der Waals surface area (Å²) in [4.78, 5) is 3.97. The molecule has 3 nitrogen and oxygen atoms in total. The third kappa shape index (κ3) is 5.13. The SMILES string of the molecule is COC(c1c(Cl)cncc1Cl)C(NCc1cc(F)cc(F)c1)C(C)(C)C. The first-order valence-electron chi connectivity index (χ1n) is 8.13. The van der Waals surface area contributed by atoms with Crippen molar-refractivity contribution in [1.82, 2.24) is 10.3 Å². The van der Waals surface area contributed by atoms with Crippen LogP contribution in [-0.4, -0.2) is 18.1 Å². The van der Waals surface area contributed by atoms with E-state index in [9.17, 15) is 8.78 Å². The summed E-state index contributed by atoms with van der Waals surface area (Å²) in [7, 11) is 1.57. The van der Waals surface area contributed by atoms with Gasteiger partial charge in [0.15, 0.2) is 0 Å². The zero-order valence-corrected chi connectivity index (χ0v) is 16.6. The third-order valence-corrected chi connectivity index (χ3v) is 4.72. The van der Waals surface area contributed by atoms with Gasteiger partial charge in [0, 0.05) is 43.7 Å². The van der Waals surface area contributed by atoms with Gasteiger partial charge < -0.3 is 10.1 Å². The number of rotatable bonds is 6. The molecular formula is C19H22Cl2F2N2O. The third-order valence-electron chi connectivity index (χ3n) is 4.11. The van der Waals surface area contributed by atoms with Gasteiger partial charge in [-0.1, -0.05) is 44.0 Å². The fraction of sp³-hybridized carbons (Fsp3) is 0.421. The summed E-state index contributed by atoms with van der Waals surface area (Å²) in [5.41, 5.74) is 0.866. The van der Waals surface area contributed by atoms with Gasteiger partial charge in [0.05, 0.1) is 10.0 Å². The molecule has 142 valence electrons. The largest absolute Gasteiger partial charge is 0.375 e. The van der Waals surface area contributed by atoms with E-state index in [1.165, 1.54) is 24.5 Å². The van der Waals surface area contributed by atoms with Gasteiger partial charge in [-0.05, 0) is 23.1 Å². The molecule has 1 N–H and O–H groups in total. The van der Waals surface area contributed by atoms with Crippen molar-refractivity contribution in [2.75, 3.05) is 7.11 Å². The number of pyridine rings is 1. The van der Waals surface area contributed by atoms with Gasteiger partial charge in [-0.15, -0.1) is 0 Å². The highest BCUT2D eigenvalue weighted by atomic mass is 35.5. The van der Waals surface area contributed by atoms with Crippen molar-refractivity contribution in [3.05, 3.63) is 63.4 Å². The maximum atomic E-state index is 13.4. The van der Waals surface area contributed by atoms with Crippen LogP contribution in [0.3, 0.4) is 0 Å². The minimum atomic E-state index is -0.613. The van der Waals surface area contributed by atoms with Gasteiger partial charge in [0.2, 0.25) is 0 Å². The molecule has 0 saturated carbocycles. The second-order valence-corrected chi connectivity index (χ2v) is 7.99. The van der Waals surface area contributed by atoms with Gasteiger partial charge in [-0.25, -0.2) is 8.78 Å². The van der Waals surface area contributed by atoms with E-state index in [4.69, 9.17) is 27.9 Å². The van der Waals surface area contributed by atoms with Crippen molar-refractivity contribution in [1.29, 1.82) is 0 Å². The first kappa shape index (κ1) is 21.0. The minimum Gasteiger partial charge on any atom is -0.375 e. The molecule has 1 aromatic heterocycles. The summed E-state index contributed by atoms with van der Waals surface area (Å²) in [5, 5.41) is 4.14. The monoisotopic (exact) mass is 402 g/mol. The molecule has 2 aromatic rings. The van der Waals surface area contributed by atoms with Crippen molar-refractivity contribution in [2.24, 2.45) is 5.41 Å². The molecule has 2 unspecified atom stereocenters. The van der Waals surface area contributed by atoms with E-state index in [2.05, 4.69) is 10.3 Å². The normalized spacial score (nSPS) is 14.3. The Kier molecular flexibility index (Phi) is 6.97. The van der Waals surface area contributed by atoms with Crippen LogP contribution < -0.4 is 5.32 Å². The van der Waals surface area contributed by atoms with Crippen molar-refractivity contribution >= 4 is 23.2 Å². The predicted octanol–water partition coefficient (Wildman–Crippen LogP) is 5.56. The van der Waals surface area contributed by atoms with Crippen molar-refractivity contribution in [2.45, 2.75) is 39.5 Å². The van der Waals surface area contributed by atoms with Crippen LogP contribution in [0.25, 0.3) is 0 Å². The highest BCUT2D eigenvalue weighted by Gasteiger charge is 2.35. The average Bonchev–Trinajstić information content (AvgIpc) is 2.50. The molecule has 0 spiro atoms. The Bertz CT molecular complexity index is 725. The van der Waals surface area contributed by atoms with Gasteiger partial charge in [0.25, 0.3) is 0 Å². The van der Waals surface area contributed by atoms with E-state index in [0.717, 1.165) is 6.07 Å². The predicted molar refractivity (Wildman–Crippen MR) is 100 cm³/mol. The molecule has 0 aliphatic carbocycles. The second-order valence-electron chi connectivity index (χ2n) is 7.18. The Morgan fingerprint density at radius 1 is 1.08 bits per heavy atom. The topological polar surface area (TPSA) is 34.1 Å². The van der Waals surface area contributed by atoms with Crippen LogP contribution >= 0.6 is 23.2 Å². The van der Waals surface area contributed by atoms with Crippen LogP contribution in [0.5, 0.6) is 0 Å². The summed E-state index contributed by atoms with van der Waals surface area (Å²) in [6.45, 7) is 6.36. The van der Waals surface area contributed by atoms with Crippen LogP contribution in [-0.2, 0) is 11.3 Å². The summed E-state index contributed by atoms with van der Waals surface area (Å²) in [6, 6.07) is 3.20. The van der Waals surface area contributed by atoms with Crippen LogP contribution in [0.1, 0.15) is 38.0 Å². The number of hydrogen-bond acceptors (Lipinski definition) is 3. The maximum Gasteiger partial charge on any atom is 0.126 e. The smallest absolute Gasteiger partial charge is 0.126 e. The molecule has 0 aliphatic rings. The number of aromatic nitrogens is 1. The van der Waals surface area contributed by atoms with Crippen molar-refractivity contribution < 1.29 is 13.5 Å². The molecule has 0 radical (unpaired) electrons. The number of nitrogens with one attached hydrogen (secondary N) is 1. The highest BCUT2D eigenvalue weighted by Crippen LogP contribution is 2.38. The lowest BCUT2D eigenvalue weighted by atomic mass is 9.81. The molecule has 0 saturated heterocycles. The molecule has 7 heteroatoms. The summed E-state index contributed by atoms with van der Waals surface area (Å²) in [6.07, 6.45) is 2.55. The van der Waals surface area contributed by atoms with Crippen LogP contribution in [0, 0.1) is 17.0 Å². The van der Waals surface area contributed by atoms with Crippen LogP contribution in [0.2, 0.25) is 10.0 Å². The summed E-state index contributed by atoms with van der Waals surface area (Å²) >= 11 is 12.6. The minimum absolute atomic E-state index is 0.240. The fourth-order valence-corrected chi connectivity index (χ4v) is 3.50. The lowest BCUT2D eigenvalue weighted by Gasteiger charge is -2.38. The number of nitrogens with zero attached hydrogens (tertiary/aromatic N) is 1. The Morgan fingerprint density at radius 3 is 2.08 bits per heavy atom. The lowest BCUT2D eigenvalue weighted by Crippen LogP contribution is -2.45. The molecule has 26 heavy (non-hydrogen) atoms. The van der Waals surface area contributed by atoms with Gasteiger partial charge in [-0.2, -0.15) is 0 Å². The molecule has 1 heterocycles. The number of ether oxygens (including phenoxy) is 1. The molecule has 0 fully saturated rings. The van der Waals surface area contributed by atoms with Crippen molar-refractivity contribution in [3.63, 3.8) is 0 Å². The first-order valence-corrected chi connectivity index (χ1v) is 8.89. The van der Waals surface area contributed by atoms with E-state index in [1.807, 2.05) is 20.8 Å². The number of methoxy groups -OCH3 is 1. The van der Waals surface area contributed by atoms with Gasteiger partial charge >= 0.3 is 0 Å². The lowest BCUT2D eigenvalue weighted by molar-refractivity contribution is 0.0268. The molecule has 0 bridgehead atoms. The van der Waals surface area contributed by atoms with Gasteiger partial charge in [0.1, 0.15) is 17.7 Å². The van der Waals surface area contributed by atoms with Crippen LogP contribution in [0.4, 0.5) is 8.78 Å². The quantitative estimate of drug-likeness (QED) is 0.686. The molecular weight excluding hydrogens is 381 g/mol. The first-order chi connectivity index (χ1) is 12.1. The maximum absolute atomic E-state index is 13.4. The molecule has 2 atom stereocenters. The van der Waals surface area contributed by atoms with E-state index < -0.39 is 17.7 Å². The fourth-order valence-electron chi connectivity index (χ4n) is 2.92. The number of hydrogen-bond donors (Lipinski definition) is 1. The Balaban J connectivity index is 2.34. The van der Waals surface area contributed by atoms with E-state index in [0.29, 0.717) is 21.2 Å². The van der Waals surface area contributed by atoms with E-state index in [1.54, 1.807) is 7.11 Å². The number of halogens is 4. The highest BCUT2D eigenvalue weighted by molar-refractivity contribution is 6.35. The Labute approximate surface area is 162 Å². The number of benzene rings is 1. The average molecular weight is 403 g/mol. The van der Waals surface area contributed by atoms with Crippen molar-refractivity contribution in [3.8, 4) is 0 Å². The molecule has 1 aromatic carbocycles. The Hall–Kier alpha value is -1.27.